The summed E-state index contributed by atoms with van der Waals surface area (Å²) in [6, 6.07) is 5.97. The molecule has 0 aliphatic carbocycles. The topological polar surface area (TPSA) is 95.9 Å². The van der Waals surface area contributed by atoms with Crippen LogP contribution in [0, 0.1) is 5.82 Å². The molecule has 136 valence electrons. The van der Waals surface area contributed by atoms with Gasteiger partial charge in [0.1, 0.15) is 6.61 Å². The molecule has 1 saturated heterocycles. The molecule has 2 N–H and O–H groups in total. The summed E-state index contributed by atoms with van der Waals surface area (Å²) in [5, 5.41) is 10.6. The molecule has 1 aliphatic heterocycles. The number of rotatable bonds is 5. The summed E-state index contributed by atoms with van der Waals surface area (Å²) in [5.41, 5.74) is 0. The van der Waals surface area contributed by atoms with Gasteiger partial charge in [0.25, 0.3) is 5.97 Å². The lowest BCUT2D eigenvalue weighted by atomic mass is 10.3. The molecule has 0 aromatic heterocycles. The number of nitrogens with one attached hydrogen (secondary N) is 1. The predicted molar refractivity (Wildman–Crippen MR) is 88.1 cm³/mol. The molecule has 24 heavy (non-hydrogen) atoms. The van der Waals surface area contributed by atoms with Crippen LogP contribution < -0.4 is 10.1 Å². The van der Waals surface area contributed by atoms with Gasteiger partial charge in [0.2, 0.25) is 10.0 Å². The van der Waals surface area contributed by atoms with Gasteiger partial charge in [-0.2, -0.15) is 0 Å². The summed E-state index contributed by atoms with van der Waals surface area (Å²) in [5.74, 6) is -1.37. The number of ether oxygens (including phenoxy) is 1. The number of carboxylic acid groups (broad SMARTS) is 1. The number of halogens is 1. The second kappa shape index (κ2) is 10.2. The third kappa shape index (κ3) is 7.71. The molecule has 1 aromatic rings. The molecule has 1 fully saturated rings. The lowest BCUT2D eigenvalue weighted by Crippen LogP contribution is -2.37. The number of carboxylic acids is 1. The van der Waals surface area contributed by atoms with Gasteiger partial charge in [-0.15, -0.1) is 0 Å². The maximum absolute atomic E-state index is 13.3. The van der Waals surface area contributed by atoms with Gasteiger partial charge in [0, 0.05) is 26.6 Å². The average Bonchev–Trinajstić information content (AvgIpc) is 2.78. The summed E-state index contributed by atoms with van der Waals surface area (Å²) in [6.45, 7) is 3.52. The Labute approximate surface area is 141 Å². The molecule has 0 spiro atoms. The molecule has 0 bridgehead atoms. The van der Waals surface area contributed by atoms with Gasteiger partial charge in [-0.1, -0.05) is 12.1 Å². The molecule has 1 aliphatic rings. The van der Waals surface area contributed by atoms with Crippen molar-refractivity contribution in [2.45, 2.75) is 13.3 Å². The lowest BCUT2D eigenvalue weighted by Gasteiger charge is -2.19. The Morgan fingerprint density at radius 2 is 2.00 bits per heavy atom. The van der Waals surface area contributed by atoms with Crippen molar-refractivity contribution >= 4 is 16.0 Å². The van der Waals surface area contributed by atoms with Crippen molar-refractivity contribution in [1.29, 1.82) is 0 Å². The van der Waals surface area contributed by atoms with Crippen LogP contribution in [-0.4, -0.2) is 62.3 Å². The van der Waals surface area contributed by atoms with Crippen LogP contribution in [0.15, 0.2) is 24.3 Å². The monoisotopic (exact) mass is 362 g/mol. The van der Waals surface area contributed by atoms with Crippen molar-refractivity contribution in [3.63, 3.8) is 0 Å². The van der Waals surface area contributed by atoms with Crippen molar-refractivity contribution in [3.05, 3.63) is 30.1 Å². The quantitative estimate of drug-likeness (QED) is 0.809. The van der Waals surface area contributed by atoms with Crippen LogP contribution in [0.25, 0.3) is 0 Å². The van der Waals surface area contributed by atoms with E-state index in [-0.39, 0.29) is 18.1 Å². The van der Waals surface area contributed by atoms with E-state index in [1.54, 1.807) is 12.1 Å². The minimum Gasteiger partial charge on any atom is -0.489 e. The summed E-state index contributed by atoms with van der Waals surface area (Å²) in [7, 11) is -3.34. The summed E-state index contributed by atoms with van der Waals surface area (Å²) in [6.07, 6.45) is 0.799. The first-order valence-electron chi connectivity index (χ1n) is 7.58. The number of nitrogens with zero attached hydrogens (tertiary/aromatic N) is 1. The van der Waals surface area contributed by atoms with Gasteiger partial charge in [-0.25, -0.2) is 17.1 Å². The van der Waals surface area contributed by atoms with E-state index >= 15 is 0 Å². The fourth-order valence-corrected chi connectivity index (χ4v) is 3.38. The van der Waals surface area contributed by atoms with Crippen LogP contribution in [0.2, 0.25) is 0 Å². The SMILES string of the molecule is CC(=O)O.O=S(=O)(CCOc1ccccc1F)N1CCCNCC1. The fraction of sp³-hybridized carbons (Fsp3) is 0.533. The fourth-order valence-electron chi connectivity index (χ4n) is 2.05. The van der Waals surface area contributed by atoms with E-state index in [1.165, 1.54) is 16.4 Å². The molecule has 0 atom stereocenters. The standard InChI is InChI=1S/C13H19FN2O3S.C2H4O2/c14-12-4-1-2-5-13(12)19-10-11-20(17,18)16-8-3-6-15-7-9-16;1-2(3)4/h1-2,4-5,15H,3,6-11H2;1H3,(H,3,4). The molecular formula is C15H23FN2O5S. The number of benzene rings is 1. The summed E-state index contributed by atoms with van der Waals surface area (Å²) >= 11 is 0. The molecule has 2 rings (SSSR count). The van der Waals surface area contributed by atoms with E-state index in [2.05, 4.69) is 5.32 Å². The first-order valence-corrected chi connectivity index (χ1v) is 9.19. The molecule has 1 aromatic carbocycles. The van der Waals surface area contributed by atoms with E-state index in [0.29, 0.717) is 19.6 Å². The number of sulfonamides is 1. The Morgan fingerprint density at radius 1 is 1.33 bits per heavy atom. The third-order valence-electron chi connectivity index (χ3n) is 3.13. The highest BCUT2D eigenvalue weighted by atomic mass is 32.2. The normalized spacial score (nSPS) is 15.8. The number of para-hydroxylation sites is 1. The molecule has 0 radical (unpaired) electrons. The van der Waals surface area contributed by atoms with Gasteiger partial charge in [0.05, 0.1) is 5.75 Å². The number of hydrogen-bond donors (Lipinski definition) is 2. The summed E-state index contributed by atoms with van der Waals surface area (Å²) < 4.78 is 44.3. The molecule has 0 unspecified atom stereocenters. The largest absolute Gasteiger partial charge is 0.489 e. The second-order valence-electron chi connectivity index (χ2n) is 5.12. The van der Waals surface area contributed by atoms with Gasteiger partial charge in [-0.05, 0) is 25.1 Å². The third-order valence-corrected chi connectivity index (χ3v) is 4.96. The molecule has 0 saturated carbocycles. The minimum absolute atomic E-state index is 0.0484. The van der Waals surface area contributed by atoms with Crippen LogP contribution in [0.3, 0.4) is 0 Å². The van der Waals surface area contributed by atoms with E-state index < -0.39 is 21.8 Å². The van der Waals surface area contributed by atoms with Crippen LogP contribution >= 0.6 is 0 Å². The highest BCUT2D eigenvalue weighted by molar-refractivity contribution is 7.89. The average molecular weight is 362 g/mol. The Morgan fingerprint density at radius 3 is 2.67 bits per heavy atom. The first kappa shape index (κ1) is 20.3. The molecule has 0 amide bonds. The van der Waals surface area contributed by atoms with Crippen LogP contribution in [0.4, 0.5) is 4.39 Å². The lowest BCUT2D eigenvalue weighted by molar-refractivity contribution is -0.134. The van der Waals surface area contributed by atoms with Gasteiger partial charge >= 0.3 is 0 Å². The number of hydrogen-bond acceptors (Lipinski definition) is 5. The Hall–Kier alpha value is -1.71. The van der Waals surface area contributed by atoms with E-state index in [0.717, 1.165) is 19.9 Å². The molecule has 7 nitrogen and oxygen atoms in total. The summed E-state index contributed by atoms with van der Waals surface area (Å²) in [4.78, 5) is 9.00. The van der Waals surface area contributed by atoms with Crippen molar-refractivity contribution < 1.29 is 27.4 Å². The Balaban J connectivity index is 0.000000648. The maximum Gasteiger partial charge on any atom is 0.300 e. The van der Waals surface area contributed by atoms with E-state index in [1.807, 2.05) is 0 Å². The molecule has 9 heteroatoms. The second-order valence-corrected chi connectivity index (χ2v) is 7.20. The van der Waals surface area contributed by atoms with Crippen molar-refractivity contribution in [3.8, 4) is 5.75 Å². The van der Waals surface area contributed by atoms with Gasteiger partial charge in [0.15, 0.2) is 11.6 Å². The predicted octanol–water partition coefficient (Wildman–Crippen LogP) is 0.920. The van der Waals surface area contributed by atoms with Crippen LogP contribution in [0.1, 0.15) is 13.3 Å². The van der Waals surface area contributed by atoms with Crippen LogP contribution in [-0.2, 0) is 14.8 Å². The van der Waals surface area contributed by atoms with E-state index in [9.17, 15) is 12.8 Å². The molecular weight excluding hydrogens is 339 g/mol. The van der Waals surface area contributed by atoms with Crippen LogP contribution in [0.5, 0.6) is 5.75 Å². The van der Waals surface area contributed by atoms with E-state index in [4.69, 9.17) is 14.6 Å². The van der Waals surface area contributed by atoms with Gasteiger partial charge < -0.3 is 15.2 Å². The Bertz CT molecular complexity index is 612. The minimum atomic E-state index is -3.34. The maximum atomic E-state index is 13.3. The zero-order chi connectivity index (χ0) is 18.0. The van der Waals surface area contributed by atoms with Crippen molar-refractivity contribution in [1.82, 2.24) is 9.62 Å². The smallest absolute Gasteiger partial charge is 0.300 e. The van der Waals surface area contributed by atoms with Gasteiger partial charge in [-0.3, -0.25) is 4.79 Å². The Kier molecular flexibility index (Phi) is 8.66. The zero-order valence-corrected chi connectivity index (χ0v) is 14.4. The highest BCUT2D eigenvalue weighted by Crippen LogP contribution is 2.15. The number of aliphatic carboxylic acids is 1. The zero-order valence-electron chi connectivity index (χ0n) is 13.6. The first-order chi connectivity index (χ1) is 11.3. The number of carbonyl (C=O) groups is 1. The van der Waals surface area contributed by atoms with Crippen molar-refractivity contribution in [2.75, 3.05) is 38.5 Å². The van der Waals surface area contributed by atoms with Crippen molar-refractivity contribution in [2.24, 2.45) is 0 Å². The molecule has 1 heterocycles. The highest BCUT2D eigenvalue weighted by Gasteiger charge is 2.22.